The van der Waals surface area contributed by atoms with Crippen LogP contribution in [0.15, 0.2) is 48.5 Å². The van der Waals surface area contributed by atoms with E-state index in [2.05, 4.69) is 22.6 Å². The number of rotatable bonds is 3. The summed E-state index contributed by atoms with van der Waals surface area (Å²) >= 11 is 2.19. The Morgan fingerprint density at radius 2 is 1.76 bits per heavy atom. The predicted octanol–water partition coefficient (Wildman–Crippen LogP) is 3.99. The molecule has 5 heteroatoms. The number of non-ortho nitro benzene ring substituents is 1. The van der Waals surface area contributed by atoms with Gasteiger partial charge in [0.2, 0.25) is 0 Å². The fourth-order valence-electron chi connectivity index (χ4n) is 1.30. The van der Waals surface area contributed by atoms with Crippen molar-refractivity contribution < 1.29 is 9.66 Å². The third kappa shape index (κ3) is 3.16. The zero-order valence-corrected chi connectivity index (χ0v) is 10.8. The molecule has 2 aromatic rings. The molecule has 86 valence electrons. The molecule has 0 atom stereocenters. The zero-order valence-electron chi connectivity index (χ0n) is 8.67. The molecule has 0 unspecified atom stereocenters. The number of nitro benzene ring substituents is 1. The molecule has 0 spiro atoms. The lowest BCUT2D eigenvalue weighted by Gasteiger charge is -2.05. The average molecular weight is 341 g/mol. The van der Waals surface area contributed by atoms with Gasteiger partial charge in [-0.3, -0.25) is 10.1 Å². The van der Waals surface area contributed by atoms with Crippen LogP contribution < -0.4 is 4.74 Å². The van der Waals surface area contributed by atoms with E-state index in [0.29, 0.717) is 11.5 Å². The topological polar surface area (TPSA) is 52.4 Å². The van der Waals surface area contributed by atoms with Crippen molar-refractivity contribution in [1.29, 1.82) is 0 Å². The Balaban J connectivity index is 2.16. The molecule has 0 radical (unpaired) electrons. The van der Waals surface area contributed by atoms with Crippen LogP contribution in [-0.4, -0.2) is 4.92 Å². The van der Waals surface area contributed by atoms with Crippen molar-refractivity contribution in [2.45, 2.75) is 0 Å². The second kappa shape index (κ2) is 5.13. The number of hydrogen-bond donors (Lipinski definition) is 0. The Morgan fingerprint density at radius 1 is 1.06 bits per heavy atom. The van der Waals surface area contributed by atoms with E-state index in [1.807, 2.05) is 24.3 Å². The van der Waals surface area contributed by atoms with Crippen molar-refractivity contribution >= 4 is 28.3 Å². The van der Waals surface area contributed by atoms with Gasteiger partial charge in [-0.25, -0.2) is 0 Å². The van der Waals surface area contributed by atoms with Gasteiger partial charge in [-0.1, -0.05) is 6.07 Å². The smallest absolute Gasteiger partial charge is 0.269 e. The Morgan fingerprint density at radius 3 is 2.35 bits per heavy atom. The summed E-state index contributed by atoms with van der Waals surface area (Å²) in [7, 11) is 0. The third-order valence-electron chi connectivity index (χ3n) is 2.08. The summed E-state index contributed by atoms with van der Waals surface area (Å²) in [6.45, 7) is 0. The number of halogens is 1. The number of nitro groups is 1. The number of hydrogen-bond acceptors (Lipinski definition) is 3. The van der Waals surface area contributed by atoms with Crippen molar-refractivity contribution in [2.75, 3.05) is 0 Å². The van der Waals surface area contributed by atoms with Gasteiger partial charge >= 0.3 is 0 Å². The van der Waals surface area contributed by atoms with Gasteiger partial charge in [0.1, 0.15) is 11.5 Å². The molecule has 0 heterocycles. The molecular weight excluding hydrogens is 333 g/mol. The summed E-state index contributed by atoms with van der Waals surface area (Å²) in [4.78, 5) is 10.0. The minimum Gasteiger partial charge on any atom is -0.457 e. The van der Waals surface area contributed by atoms with Crippen LogP contribution in [0, 0.1) is 13.7 Å². The molecule has 0 fully saturated rings. The van der Waals surface area contributed by atoms with Gasteiger partial charge in [-0.15, -0.1) is 0 Å². The maximum atomic E-state index is 10.5. The van der Waals surface area contributed by atoms with Gasteiger partial charge in [0.15, 0.2) is 0 Å². The van der Waals surface area contributed by atoms with E-state index in [1.165, 1.54) is 12.1 Å². The molecule has 0 saturated heterocycles. The molecule has 0 bridgehead atoms. The fraction of sp³-hybridized carbons (Fsp3) is 0. The van der Waals surface area contributed by atoms with E-state index in [9.17, 15) is 10.1 Å². The van der Waals surface area contributed by atoms with Crippen LogP contribution in [-0.2, 0) is 0 Å². The fourth-order valence-corrected chi connectivity index (χ4v) is 1.82. The Kier molecular flexibility index (Phi) is 3.58. The van der Waals surface area contributed by atoms with Crippen LogP contribution in [0.2, 0.25) is 0 Å². The van der Waals surface area contributed by atoms with Crippen molar-refractivity contribution in [2.24, 2.45) is 0 Å². The molecule has 0 saturated carbocycles. The summed E-state index contributed by atoms with van der Waals surface area (Å²) in [5.41, 5.74) is 0.0555. The van der Waals surface area contributed by atoms with Crippen LogP contribution in [0.1, 0.15) is 0 Å². The lowest BCUT2D eigenvalue weighted by atomic mass is 10.3. The quantitative estimate of drug-likeness (QED) is 0.482. The van der Waals surface area contributed by atoms with Crippen LogP contribution in [0.4, 0.5) is 5.69 Å². The average Bonchev–Trinajstić information content (AvgIpc) is 2.29. The van der Waals surface area contributed by atoms with Crippen LogP contribution in [0.3, 0.4) is 0 Å². The Labute approximate surface area is 112 Å². The maximum Gasteiger partial charge on any atom is 0.269 e. The highest BCUT2D eigenvalue weighted by Crippen LogP contribution is 2.24. The van der Waals surface area contributed by atoms with Gasteiger partial charge < -0.3 is 4.74 Å². The van der Waals surface area contributed by atoms with Gasteiger partial charge in [-0.2, -0.15) is 0 Å². The standard InChI is InChI=1S/C12H8INO3/c13-9-2-1-3-12(8-9)17-11-6-4-10(5-7-11)14(15)16/h1-8H. The van der Waals surface area contributed by atoms with Gasteiger partial charge in [0, 0.05) is 15.7 Å². The third-order valence-corrected chi connectivity index (χ3v) is 2.75. The normalized spacial score (nSPS) is 9.94. The SMILES string of the molecule is O=[N+]([O-])c1ccc(Oc2cccc(I)c2)cc1. The van der Waals surface area contributed by atoms with E-state index in [4.69, 9.17) is 4.74 Å². The predicted molar refractivity (Wildman–Crippen MR) is 72.3 cm³/mol. The van der Waals surface area contributed by atoms with E-state index >= 15 is 0 Å². The van der Waals surface area contributed by atoms with Gasteiger partial charge in [-0.05, 0) is 52.9 Å². The van der Waals surface area contributed by atoms with Gasteiger partial charge in [0.05, 0.1) is 4.92 Å². The van der Waals surface area contributed by atoms with E-state index in [0.717, 1.165) is 3.57 Å². The van der Waals surface area contributed by atoms with E-state index in [1.54, 1.807) is 12.1 Å². The molecule has 0 amide bonds. The minimum absolute atomic E-state index is 0.0555. The largest absolute Gasteiger partial charge is 0.457 e. The molecule has 0 aliphatic carbocycles. The number of ether oxygens (including phenoxy) is 1. The summed E-state index contributed by atoms with van der Waals surface area (Å²) in [5, 5.41) is 10.5. The molecule has 0 aliphatic rings. The highest BCUT2D eigenvalue weighted by atomic mass is 127. The summed E-state index contributed by atoms with van der Waals surface area (Å²) < 4.78 is 6.64. The lowest BCUT2D eigenvalue weighted by molar-refractivity contribution is -0.384. The first-order valence-electron chi connectivity index (χ1n) is 4.83. The van der Waals surface area contributed by atoms with E-state index < -0.39 is 4.92 Å². The monoisotopic (exact) mass is 341 g/mol. The van der Waals surface area contributed by atoms with Crippen LogP contribution in [0.5, 0.6) is 11.5 Å². The highest BCUT2D eigenvalue weighted by molar-refractivity contribution is 14.1. The molecule has 0 N–H and O–H groups in total. The molecule has 4 nitrogen and oxygen atoms in total. The van der Waals surface area contributed by atoms with Crippen molar-refractivity contribution in [3.05, 3.63) is 62.2 Å². The van der Waals surface area contributed by atoms with Crippen molar-refractivity contribution in [1.82, 2.24) is 0 Å². The summed E-state index contributed by atoms with van der Waals surface area (Å²) in [6.07, 6.45) is 0. The second-order valence-corrected chi connectivity index (χ2v) is 4.56. The first-order valence-corrected chi connectivity index (χ1v) is 5.91. The molecule has 17 heavy (non-hydrogen) atoms. The summed E-state index contributed by atoms with van der Waals surface area (Å²) in [5.74, 6) is 1.29. The lowest BCUT2D eigenvalue weighted by Crippen LogP contribution is -1.88. The maximum absolute atomic E-state index is 10.5. The Hall–Kier alpha value is -1.63. The highest BCUT2D eigenvalue weighted by Gasteiger charge is 2.04. The zero-order chi connectivity index (χ0) is 12.3. The minimum atomic E-state index is -0.435. The van der Waals surface area contributed by atoms with Crippen LogP contribution >= 0.6 is 22.6 Å². The number of nitrogens with zero attached hydrogens (tertiary/aromatic N) is 1. The summed E-state index contributed by atoms with van der Waals surface area (Å²) in [6, 6.07) is 13.6. The molecule has 0 aromatic heterocycles. The van der Waals surface area contributed by atoms with Crippen LogP contribution in [0.25, 0.3) is 0 Å². The van der Waals surface area contributed by atoms with Gasteiger partial charge in [0.25, 0.3) is 5.69 Å². The van der Waals surface area contributed by atoms with Crippen molar-refractivity contribution in [3.63, 3.8) is 0 Å². The first-order chi connectivity index (χ1) is 8.15. The molecular formula is C12H8INO3. The molecule has 2 aromatic carbocycles. The van der Waals surface area contributed by atoms with E-state index in [-0.39, 0.29) is 5.69 Å². The van der Waals surface area contributed by atoms with Crippen molar-refractivity contribution in [3.8, 4) is 11.5 Å². The second-order valence-electron chi connectivity index (χ2n) is 3.31. The Bertz CT molecular complexity index is 540. The molecule has 0 aliphatic heterocycles. The first kappa shape index (κ1) is 11.8. The number of benzene rings is 2. The molecule has 2 rings (SSSR count).